The van der Waals surface area contributed by atoms with E-state index in [1.54, 1.807) is 24.8 Å². The van der Waals surface area contributed by atoms with E-state index >= 15 is 0 Å². The van der Waals surface area contributed by atoms with Gasteiger partial charge in [0.05, 0.1) is 16.9 Å². The van der Waals surface area contributed by atoms with Gasteiger partial charge in [-0.25, -0.2) is 9.98 Å². The summed E-state index contributed by atoms with van der Waals surface area (Å²) in [6.45, 7) is 8.04. The Kier molecular flexibility index (Phi) is 3.74. The summed E-state index contributed by atoms with van der Waals surface area (Å²) in [4.78, 5) is 10.8. The number of anilines is 1. The summed E-state index contributed by atoms with van der Waals surface area (Å²) >= 11 is 1.63. The van der Waals surface area contributed by atoms with Gasteiger partial charge in [0.2, 0.25) is 0 Å². The summed E-state index contributed by atoms with van der Waals surface area (Å²) < 4.78 is 5.32. The number of ether oxygens (including phenoxy) is 1. The van der Waals surface area contributed by atoms with Crippen LogP contribution in [0, 0.1) is 6.92 Å². The Morgan fingerprint density at radius 2 is 2.22 bits per heavy atom. The van der Waals surface area contributed by atoms with Gasteiger partial charge < -0.3 is 10.1 Å². The maximum absolute atomic E-state index is 5.32. The standard InChI is InChI=1S/C11H11N3OS.C2H4/c1-6-3-7-8-9(16-11(7)12-4-6)10(15-2)14-5-13-8;1-2/h3-5,10H,1-2H3,(H,13,14);1-2H2. The lowest BCUT2D eigenvalue weighted by Gasteiger charge is -2.15. The summed E-state index contributed by atoms with van der Waals surface area (Å²) in [5.41, 5.74) is 2.24. The zero-order valence-electron chi connectivity index (χ0n) is 10.4. The highest BCUT2D eigenvalue weighted by Crippen LogP contribution is 2.41. The molecule has 0 saturated carbocycles. The molecule has 3 heterocycles. The third-order valence-electron chi connectivity index (χ3n) is 2.58. The van der Waals surface area contributed by atoms with E-state index in [0.29, 0.717) is 0 Å². The smallest absolute Gasteiger partial charge is 0.186 e. The highest BCUT2D eigenvalue weighted by atomic mass is 32.1. The zero-order chi connectivity index (χ0) is 13.1. The lowest BCUT2D eigenvalue weighted by Crippen LogP contribution is -2.08. The molecule has 1 unspecified atom stereocenters. The minimum absolute atomic E-state index is 0.198. The van der Waals surface area contributed by atoms with Crippen LogP contribution in [0.15, 0.2) is 30.4 Å². The van der Waals surface area contributed by atoms with Gasteiger partial charge in [0.25, 0.3) is 0 Å². The fourth-order valence-electron chi connectivity index (χ4n) is 1.83. The van der Waals surface area contributed by atoms with Crippen molar-refractivity contribution in [2.24, 2.45) is 4.99 Å². The summed E-state index contributed by atoms with van der Waals surface area (Å²) in [5.74, 6) is 0. The number of hydrogen-bond acceptors (Lipinski definition) is 5. The predicted molar refractivity (Wildman–Crippen MR) is 77.5 cm³/mol. The maximum atomic E-state index is 5.32. The van der Waals surface area contributed by atoms with Crippen LogP contribution >= 0.6 is 11.3 Å². The van der Waals surface area contributed by atoms with Crippen LogP contribution in [0.1, 0.15) is 16.7 Å². The number of thiophene rings is 1. The molecule has 0 bridgehead atoms. The molecule has 2 aromatic rings. The molecule has 1 aliphatic rings. The Morgan fingerprint density at radius 3 is 2.94 bits per heavy atom. The van der Waals surface area contributed by atoms with Gasteiger partial charge in [-0.05, 0) is 18.6 Å². The third kappa shape index (κ3) is 2.02. The van der Waals surface area contributed by atoms with E-state index < -0.39 is 0 Å². The van der Waals surface area contributed by atoms with Crippen molar-refractivity contribution < 1.29 is 4.74 Å². The molecule has 0 aromatic carbocycles. The Balaban J connectivity index is 0.000000574. The lowest BCUT2D eigenvalue weighted by atomic mass is 10.2. The Hall–Kier alpha value is -1.72. The van der Waals surface area contributed by atoms with Gasteiger partial charge in [0.15, 0.2) is 6.23 Å². The molecule has 94 valence electrons. The van der Waals surface area contributed by atoms with Crippen LogP contribution in [-0.4, -0.2) is 18.4 Å². The SMILES string of the molecule is C=C.COC1N=CNc2c1sc1ncc(C)cc21. The summed E-state index contributed by atoms with van der Waals surface area (Å²) in [7, 11) is 1.67. The molecule has 1 N–H and O–H groups in total. The largest absolute Gasteiger partial charge is 0.355 e. The van der Waals surface area contributed by atoms with Crippen molar-refractivity contribution in [3.63, 3.8) is 0 Å². The molecular weight excluding hydrogens is 246 g/mol. The highest BCUT2D eigenvalue weighted by molar-refractivity contribution is 7.19. The summed E-state index contributed by atoms with van der Waals surface area (Å²) in [6.07, 6.45) is 3.37. The predicted octanol–water partition coefficient (Wildman–Crippen LogP) is 3.51. The van der Waals surface area contributed by atoms with Crippen LogP contribution in [0.25, 0.3) is 10.2 Å². The van der Waals surface area contributed by atoms with Gasteiger partial charge in [-0.1, -0.05) is 0 Å². The molecule has 0 spiro atoms. The number of nitrogens with zero attached hydrogens (tertiary/aromatic N) is 2. The molecule has 0 aliphatic carbocycles. The van der Waals surface area contributed by atoms with E-state index in [9.17, 15) is 0 Å². The molecule has 3 rings (SSSR count). The van der Waals surface area contributed by atoms with Gasteiger partial charge >= 0.3 is 0 Å². The van der Waals surface area contributed by atoms with Crippen molar-refractivity contribution in [3.05, 3.63) is 35.9 Å². The first kappa shape index (κ1) is 12.7. The Bertz CT molecular complexity index is 591. The number of rotatable bonds is 1. The number of aromatic nitrogens is 1. The fourth-order valence-corrected chi connectivity index (χ4v) is 2.95. The Labute approximate surface area is 110 Å². The van der Waals surface area contributed by atoms with Crippen LogP contribution in [-0.2, 0) is 4.74 Å². The van der Waals surface area contributed by atoms with Gasteiger partial charge in [0, 0.05) is 18.7 Å². The summed E-state index contributed by atoms with van der Waals surface area (Å²) in [6, 6.07) is 2.14. The third-order valence-corrected chi connectivity index (χ3v) is 3.72. The van der Waals surface area contributed by atoms with Crippen LogP contribution in [0.3, 0.4) is 0 Å². The number of methoxy groups -OCH3 is 1. The topological polar surface area (TPSA) is 46.5 Å². The number of aryl methyl sites for hydroxylation is 1. The van der Waals surface area contributed by atoms with Crippen LogP contribution in [0.4, 0.5) is 5.69 Å². The number of hydrogen-bond donors (Lipinski definition) is 1. The second-order valence-corrected chi connectivity index (χ2v) is 4.75. The minimum Gasteiger partial charge on any atom is -0.355 e. The van der Waals surface area contributed by atoms with Gasteiger partial charge in [-0.2, -0.15) is 0 Å². The molecule has 1 atom stereocenters. The van der Waals surface area contributed by atoms with E-state index in [1.807, 2.05) is 13.1 Å². The monoisotopic (exact) mass is 261 g/mol. The van der Waals surface area contributed by atoms with Gasteiger partial charge in [-0.3, -0.25) is 0 Å². The second-order valence-electron chi connectivity index (χ2n) is 3.72. The van der Waals surface area contributed by atoms with E-state index in [4.69, 9.17) is 4.74 Å². The molecule has 0 saturated heterocycles. The van der Waals surface area contributed by atoms with E-state index in [1.165, 1.54) is 0 Å². The van der Waals surface area contributed by atoms with E-state index in [2.05, 4.69) is 34.5 Å². The number of nitrogens with one attached hydrogen (secondary N) is 1. The molecular formula is C13H15N3OS. The quantitative estimate of drug-likeness (QED) is 0.799. The van der Waals surface area contributed by atoms with Crippen LogP contribution in [0.5, 0.6) is 0 Å². The zero-order valence-corrected chi connectivity index (χ0v) is 11.3. The first-order valence-electron chi connectivity index (χ1n) is 5.49. The number of fused-ring (bicyclic) bond motifs is 3. The van der Waals surface area contributed by atoms with E-state index in [-0.39, 0.29) is 6.23 Å². The van der Waals surface area contributed by atoms with Crippen LogP contribution < -0.4 is 5.32 Å². The molecule has 0 radical (unpaired) electrons. The normalized spacial score (nSPS) is 16.7. The Morgan fingerprint density at radius 1 is 1.44 bits per heavy atom. The molecule has 0 fully saturated rings. The van der Waals surface area contributed by atoms with Gasteiger partial charge in [0.1, 0.15) is 4.83 Å². The lowest BCUT2D eigenvalue weighted by molar-refractivity contribution is 0.114. The van der Waals surface area contributed by atoms with Crippen LogP contribution in [0.2, 0.25) is 0 Å². The molecule has 4 nitrogen and oxygen atoms in total. The first-order chi connectivity index (χ1) is 8.79. The van der Waals surface area contributed by atoms with Crippen molar-refractivity contribution in [2.45, 2.75) is 13.2 Å². The average Bonchev–Trinajstić information content (AvgIpc) is 2.79. The molecule has 2 aromatic heterocycles. The minimum atomic E-state index is -0.198. The fraction of sp³-hybridized carbons (Fsp3) is 0.231. The number of aliphatic imine (C=N–C) groups is 1. The molecule has 18 heavy (non-hydrogen) atoms. The average molecular weight is 261 g/mol. The van der Waals surface area contributed by atoms with Crippen molar-refractivity contribution in [2.75, 3.05) is 12.4 Å². The number of pyridine rings is 1. The van der Waals surface area contributed by atoms with Crippen molar-refractivity contribution in [1.82, 2.24) is 4.98 Å². The molecule has 5 heteroatoms. The van der Waals surface area contributed by atoms with Crippen molar-refractivity contribution >= 4 is 33.6 Å². The van der Waals surface area contributed by atoms with Crippen molar-refractivity contribution in [3.8, 4) is 0 Å². The van der Waals surface area contributed by atoms with E-state index in [0.717, 1.165) is 26.3 Å². The van der Waals surface area contributed by atoms with Gasteiger partial charge in [-0.15, -0.1) is 24.5 Å². The first-order valence-corrected chi connectivity index (χ1v) is 6.31. The highest BCUT2D eigenvalue weighted by Gasteiger charge is 2.22. The second kappa shape index (κ2) is 5.29. The maximum Gasteiger partial charge on any atom is 0.186 e. The molecule has 1 aliphatic heterocycles. The van der Waals surface area contributed by atoms with Crippen molar-refractivity contribution in [1.29, 1.82) is 0 Å². The molecule has 0 amide bonds. The summed E-state index contributed by atoms with van der Waals surface area (Å²) in [5, 5.41) is 4.32.